The van der Waals surface area contributed by atoms with Crippen molar-refractivity contribution in [2.75, 3.05) is 6.54 Å². The zero-order chi connectivity index (χ0) is 24.1. The average Bonchev–Trinajstić information content (AvgIpc) is 3.37. The molecule has 0 saturated carbocycles. The van der Waals surface area contributed by atoms with Crippen LogP contribution in [-0.2, 0) is 17.6 Å². The van der Waals surface area contributed by atoms with Gasteiger partial charge in [0.1, 0.15) is 12.1 Å². The largest absolute Gasteiger partial charge is 0.356 e. The molecule has 2 unspecified atom stereocenters. The van der Waals surface area contributed by atoms with E-state index in [4.69, 9.17) is 0 Å². The Morgan fingerprint density at radius 1 is 0.914 bits per heavy atom. The lowest BCUT2D eigenvalue weighted by Gasteiger charge is -2.36. The highest BCUT2D eigenvalue weighted by molar-refractivity contribution is 6.05. The molecule has 2 aliphatic rings. The lowest BCUT2D eigenvalue weighted by Crippen LogP contribution is -2.44. The number of nitrogens with zero attached hydrogens (tertiary/aromatic N) is 2. The van der Waals surface area contributed by atoms with E-state index in [-0.39, 0.29) is 18.0 Å². The molecule has 5 heteroatoms. The van der Waals surface area contributed by atoms with Crippen LogP contribution < -0.4 is 0 Å². The van der Waals surface area contributed by atoms with Gasteiger partial charge in [0.25, 0.3) is 5.91 Å². The molecule has 0 spiro atoms. The summed E-state index contributed by atoms with van der Waals surface area (Å²) in [6.07, 6.45) is 1.19. The highest BCUT2D eigenvalue weighted by Crippen LogP contribution is 2.44. The highest BCUT2D eigenvalue weighted by atomic mass is 16.2. The van der Waals surface area contributed by atoms with E-state index in [0.717, 1.165) is 33.3 Å². The molecule has 3 heterocycles. The summed E-state index contributed by atoms with van der Waals surface area (Å²) in [5.41, 5.74) is 6.61. The Labute approximate surface area is 205 Å². The summed E-state index contributed by atoms with van der Waals surface area (Å²) in [4.78, 5) is 34.3. The fraction of sp³-hybridized carbons (Fsp3) is 0.267. The molecule has 176 valence electrons. The van der Waals surface area contributed by atoms with Crippen molar-refractivity contribution < 1.29 is 9.59 Å². The number of rotatable bonds is 5. The van der Waals surface area contributed by atoms with Crippen molar-refractivity contribution in [1.29, 1.82) is 0 Å². The van der Waals surface area contributed by atoms with Crippen molar-refractivity contribution in [2.45, 2.75) is 44.7 Å². The van der Waals surface area contributed by atoms with E-state index in [1.807, 2.05) is 47.4 Å². The summed E-state index contributed by atoms with van der Waals surface area (Å²) in [7, 11) is 0. The topological polar surface area (TPSA) is 56.4 Å². The number of benzene rings is 3. The van der Waals surface area contributed by atoms with Crippen molar-refractivity contribution in [3.05, 3.63) is 107 Å². The summed E-state index contributed by atoms with van der Waals surface area (Å²) in [6.45, 7) is 4.74. The van der Waals surface area contributed by atoms with Gasteiger partial charge in [-0.05, 0) is 40.7 Å². The van der Waals surface area contributed by atoms with Gasteiger partial charge in [0, 0.05) is 29.6 Å². The molecule has 3 aromatic carbocycles. The Morgan fingerprint density at radius 2 is 1.63 bits per heavy atom. The molecular weight excluding hydrogens is 434 g/mol. The number of para-hydroxylation sites is 1. The number of amides is 3. The molecule has 5 nitrogen and oxygen atoms in total. The van der Waals surface area contributed by atoms with E-state index in [2.05, 4.69) is 55.2 Å². The maximum atomic E-state index is 13.8. The number of nitrogens with one attached hydrogen (secondary N) is 1. The van der Waals surface area contributed by atoms with Gasteiger partial charge in [-0.25, -0.2) is 4.79 Å². The van der Waals surface area contributed by atoms with Crippen LogP contribution in [0.25, 0.3) is 10.9 Å². The molecule has 0 radical (unpaired) electrons. The Bertz CT molecular complexity index is 1400. The minimum Gasteiger partial charge on any atom is -0.356 e. The molecule has 2 atom stereocenters. The molecule has 1 aromatic heterocycles. The number of H-pyrrole nitrogens is 1. The molecule has 1 fully saturated rings. The normalized spacial score (nSPS) is 19.5. The predicted octanol–water partition coefficient (Wildman–Crippen LogP) is 5.81. The first-order valence-corrected chi connectivity index (χ1v) is 12.4. The number of hydrogen-bond acceptors (Lipinski definition) is 2. The summed E-state index contributed by atoms with van der Waals surface area (Å²) >= 11 is 0. The van der Waals surface area contributed by atoms with Crippen LogP contribution in [0.2, 0.25) is 0 Å². The van der Waals surface area contributed by atoms with E-state index in [0.29, 0.717) is 25.3 Å². The number of carbonyl (C=O) groups is 2. The molecule has 6 rings (SSSR count). The highest BCUT2D eigenvalue weighted by Gasteiger charge is 2.52. The van der Waals surface area contributed by atoms with Gasteiger partial charge in [0.2, 0.25) is 0 Å². The van der Waals surface area contributed by atoms with E-state index < -0.39 is 6.04 Å². The third-order valence-corrected chi connectivity index (χ3v) is 7.52. The smallest absolute Gasteiger partial charge is 0.328 e. The summed E-state index contributed by atoms with van der Waals surface area (Å²) in [5.74, 6) is 0.334. The molecule has 3 amide bonds. The Balaban J connectivity index is 1.41. The van der Waals surface area contributed by atoms with Gasteiger partial charge >= 0.3 is 6.03 Å². The summed E-state index contributed by atoms with van der Waals surface area (Å²) < 4.78 is 0. The zero-order valence-electron chi connectivity index (χ0n) is 20.1. The average molecular weight is 464 g/mol. The van der Waals surface area contributed by atoms with E-state index >= 15 is 0 Å². The molecule has 0 bridgehead atoms. The third-order valence-electron chi connectivity index (χ3n) is 7.52. The number of urea groups is 1. The Morgan fingerprint density at radius 3 is 2.37 bits per heavy atom. The van der Waals surface area contributed by atoms with Crippen molar-refractivity contribution in [3.8, 4) is 0 Å². The van der Waals surface area contributed by atoms with E-state index in [1.54, 1.807) is 0 Å². The van der Waals surface area contributed by atoms with Gasteiger partial charge < -0.3 is 4.98 Å². The molecule has 35 heavy (non-hydrogen) atoms. The lowest BCUT2D eigenvalue weighted by molar-refractivity contribution is -0.128. The van der Waals surface area contributed by atoms with Gasteiger partial charge in [-0.2, -0.15) is 0 Å². The van der Waals surface area contributed by atoms with Crippen molar-refractivity contribution in [2.24, 2.45) is 0 Å². The van der Waals surface area contributed by atoms with Gasteiger partial charge in [-0.1, -0.05) is 86.6 Å². The van der Waals surface area contributed by atoms with Crippen LogP contribution in [0.15, 0.2) is 78.9 Å². The molecule has 1 N–H and O–H groups in total. The maximum absolute atomic E-state index is 13.8. The number of hydrogen-bond donors (Lipinski definition) is 1. The summed E-state index contributed by atoms with van der Waals surface area (Å²) in [6, 6.07) is 25.7. The quantitative estimate of drug-likeness (QED) is 0.380. The van der Waals surface area contributed by atoms with Crippen LogP contribution in [0, 0.1) is 0 Å². The SMILES string of the molecule is CC(C)c1ccc(C2c3[nH]c4ccccc4c3CC3C(=O)N(CCc4ccccc4)C(=O)N32)cc1. The number of fused-ring (bicyclic) bond motifs is 4. The molecule has 2 aliphatic heterocycles. The molecule has 0 aliphatic carbocycles. The maximum Gasteiger partial charge on any atom is 0.328 e. The van der Waals surface area contributed by atoms with Crippen molar-refractivity contribution in [1.82, 2.24) is 14.8 Å². The first-order valence-electron chi connectivity index (χ1n) is 12.4. The first kappa shape index (κ1) is 21.7. The lowest BCUT2D eigenvalue weighted by atomic mass is 9.88. The molecule has 1 saturated heterocycles. The standard InChI is InChI=1S/C30H29N3O2/c1-19(2)21-12-14-22(15-13-21)28-27-24(23-10-6-7-11-25(23)31-27)18-26-29(34)32(30(35)33(26)28)17-16-20-8-4-3-5-9-20/h3-15,19,26,28,31H,16-18H2,1-2H3. The second-order valence-electron chi connectivity index (χ2n) is 9.92. The monoisotopic (exact) mass is 463 g/mol. The van der Waals surface area contributed by atoms with Gasteiger partial charge in [0.15, 0.2) is 0 Å². The summed E-state index contributed by atoms with van der Waals surface area (Å²) in [5, 5.41) is 1.13. The van der Waals surface area contributed by atoms with Gasteiger partial charge in [-0.3, -0.25) is 14.6 Å². The van der Waals surface area contributed by atoms with Crippen molar-refractivity contribution >= 4 is 22.8 Å². The number of aromatic nitrogens is 1. The zero-order valence-corrected chi connectivity index (χ0v) is 20.1. The van der Waals surface area contributed by atoms with Crippen LogP contribution >= 0.6 is 0 Å². The predicted molar refractivity (Wildman–Crippen MR) is 137 cm³/mol. The van der Waals surface area contributed by atoms with Gasteiger partial charge in [0.05, 0.1) is 0 Å². The van der Waals surface area contributed by atoms with Crippen LogP contribution in [0.5, 0.6) is 0 Å². The van der Waals surface area contributed by atoms with E-state index in [1.165, 1.54) is 10.5 Å². The molecular formula is C30H29N3O2. The van der Waals surface area contributed by atoms with Crippen LogP contribution in [0.4, 0.5) is 4.79 Å². The third kappa shape index (κ3) is 3.54. The van der Waals surface area contributed by atoms with E-state index in [9.17, 15) is 9.59 Å². The second-order valence-corrected chi connectivity index (χ2v) is 9.92. The fourth-order valence-corrected chi connectivity index (χ4v) is 5.63. The molecule has 4 aromatic rings. The second kappa shape index (κ2) is 8.42. The minimum atomic E-state index is -0.486. The van der Waals surface area contributed by atoms with Crippen molar-refractivity contribution in [3.63, 3.8) is 0 Å². The fourth-order valence-electron chi connectivity index (χ4n) is 5.63. The number of carbonyl (C=O) groups excluding carboxylic acids is 2. The Hall–Kier alpha value is -3.86. The first-order chi connectivity index (χ1) is 17.0. The van der Waals surface area contributed by atoms with Crippen LogP contribution in [-0.4, -0.2) is 39.3 Å². The minimum absolute atomic E-state index is 0.0920. The Kier molecular flexibility index (Phi) is 5.21. The number of aromatic amines is 1. The number of imide groups is 1. The van der Waals surface area contributed by atoms with Crippen LogP contribution in [0.1, 0.15) is 53.8 Å². The van der Waals surface area contributed by atoms with Crippen LogP contribution in [0.3, 0.4) is 0 Å². The van der Waals surface area contributed by atoms with Gasteiger partial charge in [-0.15, -0.1) is 0 Å².